The van der Waals surface area contributed by atoms with Crippen molar-refractivity contribution in [3.05, 3.63) is 11.6 Å². The second kappa shape index (κ2) is 29.6. The van der Waals surface area contributed by atoms with Crippen LogP contribution in [0.5, 0.6) is 0 Å². The monoisotopic (exact) mass is 643 g/mol. The van der Waals surface area contributed by atoms with Crippen molar-refractivity contribution >= 4 is 0 Å². The average Bonchev–Trinajstić information content (AvgIpc) is 3.04. The fourth-order valence-electron chi connectivity index (χ4n) is 6.34. The largest absolute Gasteiger partial charge is 0.394 e. The maximum Gasteiger partial charge on any atom is 0.187 e. The molecule has 268 valence electrons. The normalized spacial score (nSPS) is 23.1. The zero-order valence-corrected chi connectivity index (χ0v) is 29.4. The van der Waals surface area contributed by atoms with Gasteiger partial charge in [-0.15, -0.1) is 0 Å². The first kappa shape index (κ1) is 42.5. The van der Waals surface area contributed by atoms with Crippen LogP contribution in [0.25, 0.3) is 0 Å². The van der Waals surface area contributed by atoms with E-state index in [0.717, 1.165) is 44.1 Å². The van der Waals surface area contributed by atoms with Crippen LogP contribution in [0, 0.1) is 0 Å². The van der Waals surface area contributed by atoms with Gasteiger partial charge in [-0.3, -0.25) is 0 Å². The fraction of sp³-hybridized carbons (Fsp3) is 0.947. The van der Waals surface area contributed by atoms with Crippen molar-refractivity contribution in [2.24, 2.45) is 0 Å². The topological polar surface area (TPSA) is 120 Å². The standard InChI is InChI=1S/C38H74O7/c1-3-5-7-9-11-13-15-17-19-21-23-25-27-32(31-44-38-37(43)36(42)35(41)34(30-39)45-38)29-33(40)28-26-24-22-20-18-16-14-12-10-8-6-4-2/h29,33-43H,3-28,30-31H2,1-2H3/b32-29+/t33-,34+,35+,36-,37+,38+/m0/s1. The molecule has 0 spiro atoms. The summed E-state index contributed by atoms with van der Waals surface area (Å²) >= 11 is 0. The van der Waals surface area contributed by atoms with Gasteiger partial charge in [0.05, 0.1) is 19.3 Å². The van der Waals surface area contributed by atoms with Crippen molar-refractivity contribution < 1.29 is 35.0 Å². The van der Waals surface area contributed by atoms with E-state index in [9.17, 15) is 25.5 Å². The van der Waals surface area contributed by atoms with E-state index in [2.05, 4.69) is 13.8 Å². The molecule has 0 bridgehead atoms. The number of unbranched alkanes of at least 4 members (excludes halogenated alkanes) is 22. The summed E-state index contributed by atoms with van der Waals surface area (Å²) in [5.41, 5.74) is 0.963. The molecule has 0 saturated carbocycles. The number of ether oxygens (including phenoxy) is 2. The maximum absolute atomic E-state index is 10.8. The van der Waals surface area contributed by atoms with E-state index in [1.54, 1.807) is 0 Å². The molecule has 6 atom stereocenters. The summed E-state index contributed by atoms with van der Waals surface area (Å²) in [4.78, 5) is 0. The Morgan fingerprint density at radius 2 is 1.02 bits per heavy atom. The highest BCUT2D eigenvalue weighted by atomic mass is 16.7. The van der Waals surface area contributed by atoms with Crippen LogP contribution in [0.15, 0.2) is 11.6 Å². The summed E-state index contributed by atoms with van der Waals surface area (Å²) in [7, 11) is 0. The SMILES string of the molecule is CCCCCCCCCCCCCC/C(=C\[C@@H](O)CCCCCCCCCCCCCC)CO[C@@H]1O[C@H](CO)[C@@H](O)[C@H](O)[C@H]1O. The van der Waals surface area contributed by atoms with Crippen molar-refractivity contribution in [2.75, 3.05) is 13.2 Å². The molecule has 1 aliphatic heterocycles. The highest BCUT2D eigenvalue weighted by Gasteiger charge is 2.44. The van der Waals surface area contributed by atoms with Crippen molar-refractivity contribution in [1.82, 2.24) is 0 Å². The molecule has 0 aromatic heterocycles. The van der Waals surface area contributed by atoms with Gasteiger partial charge in [-0.1, -0.05) is 168 Å². The smallest absolute Gasteiger partial charge is 0.187 e. The van der Waals surface area contributed by atoms with Gasteiger partial charge < -0.3 is 35.0 Å². The molecule has 1 heterocycles. The van der Waals surface area contributed by atoms with Crippen LogP contribution in [0.2, 0.25) is 0 Å². The lowest BCUT2D eigenvalue weighted by molar-refractivity contribution is -0.299. The minimum atomic E-state index is -1.46. The van der Waals surface area contributed by atoms with Crippen LogP contribution < -0.4 is 0 Å². The molecule has 1 aliphatic rings. The van der Waals surface area contributed by atoms with Gasteiger partial charge in [0.2, 0.25) is 0 Å². The molecule has 7 nitrogen and oxygen atoms in total. The molecule has 5 N–H and O–H groups in total. The Kier molecular flexibility index (Phi) is 27.9. The van der Waals surface area contributed by atoms with Crippen molar-refractivity contribution in [2.45, 2.75) is 218 Å². The lowest BCUT2D eigenvalue weighted by Gasteiger charge is -2.39. The van der Waals surface area contributed by atoms with Crippen LogP contribution in [0.4, 0.5) is 0 Å². The lowest BCUT2D eigenvalue weighted by Crippen LogP contribution is -2.59. The molecular formula is C38H74O7. The van der Waals surface area contributed by atoms with Gasteiger partial charge in [0.1, 0.15) is 24.4 Å². The van der Waals surface area contributed by atoms with Crippen LogP contribution >= 0.6 is 0 Å². The second-order valence-corrected chi connectivity index (χ2v) is 13.7. The third-order valence-electron chi connectivity index (χ3n) is 9.41. The quantitative estimate of drug-likeness (QED) is 0.0381. The van der Waals surface area contributed by atoms with E-state index < -0.39 is 43.4 Å². The molecule has 0 aromatic carbocycles. The summed E-state index contributed by atoms with van der Waals surface area (Å²) in [6.45, 7) is 4.20. The molecule has 7 heteroatoms. The molecule has 0 aliphatic carbocycles. The Morgan fingerprint density at radius 3 is 1.47 bits per heavy atom. The Labute approximate surface area is 277 Å². The fourth-order valence-corrected chi connectivity index (χ4v) is 6.34. The maximum atomic E-state index is 10.8. The molecule has 1 saturated heterocycles. The van der Waals surface area contributed by atoms with E-state index in [1.165, 1.54) is 128 Å². The summed E-state index contributed by atoms with van der Waals surface area (Å²) in [5.74, 6) is 0. The van der Waals surface area contributed by atoms with Gasteiger partial charge in [-0.25, -0.2) is 0 Å². The molecule has 0 amide bonds. The molecule has 0 aromatic rings. The molecule has 0 radical (unpaired) electrons. The number of hydrogen-bond donors (Lipinski definition) is 5. The Morgan fingerprint density at radius 1 is 0.600 bits per heavy atom. The first-order chi connectivity index (χ1) is 21.9. The molecule has 45 heavy (non-hydrogen) atoms. The van der Waals surface area contributed by atoms with Gasteiger partial charge in [-0.2, -0.15) is 0 Å². The van der Waals surface area contributed by atoms with Gasteiger partial charge in [0.15, 0.2) is 6.29 Å². The van der Waals surface area contributed by atoms with Crippen molar-refractivity contribution in [3.8, 4) is 0 Å². The van der Waals surface area contributed by atoms with Gasteiger partial charge in [0, 0.05) is 0 Å². The van der Waals surface area contributed by atoms with E-state index in [-0.39, 0.29) is 6.61 Å². The zero-order valence-electron chi connectivity index (χ0n) is 29.4. The summed E-state index contributed by atoms with van der Waals surface area (Å²) < 4.78 is 11.4. The Bertz CT molecular complexity index is 670. The molecule has 1 rings (SSSR count). The van der Waals surface area contributed by atoms with Crippen molar-refractivity contribution in [3.63, 3.8) is 0 Å². The van der Waals surface area contributed by atoms with Crippen molar-refractivity contribution in [1.29, 1.82) is 0 Å². The predicted octanol–water partition coefficient (Wildman–Crippen LogP) is 8.27. The van der Waals surface area contributed by atoms with E-state index in [0.29, 0.717) is 0 Å². The second-order valence-electron chi connectivity index (χ2n) is 13.7. The van der Waals surface area contributed by atoms with E-state index in [4.69, 9.17) is 9.47 Å². The Hall–Kier alpha value is -0.540. The summed E-state index contributed by atoms with van der Waals surface area (Å²) in [5, 5.41) is 50.8. The third kappa shape index (κ3) is 21.9. The van der Waals surface area contributed by atoms with Crippen LogP contribution in [-0.4, -0.2) is 75.6 Å². The highest BCUT2D eigenvalue weighted by Crippen LogP contribution is 2.24. The third-order valence-corrected chi connectivity index (χ3v) is 9.41. The first-order valence-electron chi connectivity index (χ1n) is 19.2. The number of aliphatic hydroxyl groups excluding tert-OH is 5. The first-order valence-corrected chi connectivity index (χ1v) is 19.2. The summed E-state index contributed by atoms with van der Waals surface area (Å²) in [6.07, 6.45) is 27.3. The molecular weight excluding hydrogens is 568 g/mol. The Balaban J connectivity index is 2.39. The minimum absolute atomic E-state index is 0.163. The van der Waals surface area contributed by atoms with Gasteiger partial charge >= 0.3 is 0 Å². The average molecular weight is 643 g/mol. The number of aliphatic hydroxyl groups is 5. The van der Waals surface area contributed by atoms with Crippen LogP contribution in [0.1, 0.15) is 181 Å². The highest BCUT2D eigenvalue weighted by molar-refractivity contribution is 5.06. The lowest BCUT2D eigenvalue weighted by atomic mass is 9.99. The number of rotatable bonds is 31. The van der Waals surface area contributed by atoms with Crippen LogP contribution in [0.3, 0.4) is 0 Å². The zero-order chi connectivity index (χ0) is 33.0. The summed E-state index contributed by atoms with van der Waals surface area (Å²) in [6, 6.07) is 0. The molecule has 0 unspecified atom stereocenters. The minimum Gasteiger partial charge on any atom is -0.394 e. The van der Waals surface area contributed by atoms with E-state index in [1.807, 2.05) is 6.08 Å². The van der Waals surface area contributed by atoms with Gasteiger partial charge in [-0.05, 0) is 24.8 Å². The number of hydrogen-bond acceptors (Lipinski definition) is 7. The van der Waals surface area contributed by atoms with Crippen LogP contribution in [-0.2, 0) is 9.47 Å². The van der Waals surface area contributed by atoms with Gasteiger partial charge in [0.25, 0.3) is 0 Å². The predicted molar refractivity (Wildman–Crippen MR) is 185 cm³/mol. The van der Waals surface area contributed by atoms with E-state index >= 15 is 0 Å². The molecule has 1 fully saturated rings.